The second-order valence-corrected chi connectivity index (χ2v) is 6.48. The molecule has 3 nitrogen and oxygen atoms in total. The molecule has 1 atom stereocenters. The Kier molecular flexibility index (Phi) is 4.19. The lowest BCUT2D eigenvalue weighted by molar-refractivity contribution is -0.136. The van der Waals surface area contributed by atoms with Gasteiger partial charge in [0.1, 0.15) is 11.4 Å². The van der Waals surface area contributed by atoms with E-state index in [-0.39, 0.29) is 23.0 Å². The van der Waals surface area contributed by atoms with Gasteiger partial charge in [0.2, 0.25) is 5.91 Å². The maximum absolute atomic E-state index is 12.6. The van der Waals surface area contributed by atoms with Gasteiger partial charge in [0, 0.05) is 6.42 Å². The minimum atomic E-state index is -0.936. The Hall–Kier alpha value is -1.35. The number of carbonyl (C=O) groups excluding carboxylic acids is 2. The predicted octanol–water partition coefficient (Wildman–Crippen LogP) is 3.02. The van der Waals surface area contributed by atoms with Gasteiger partial charge in [-0.1, -0.05) is 44.2 Å². The average Bonchev–Trinajstić information content (AvgIpc) is 2.43. The summed E-state index contributed by atoms with van der Waals surface area (Å²) in [4.78, 5) is 24.4. The first kappa shape index (κ1) is 15.0. The van der Waals surface area contributed by atoms with E-state index in [2.05, 4.69) is 19.2 Å². The molecule has 0 aromatic heterocycles. The molecule has 1 saturated carbocycles. The molecule has 1 aromatic carbocycles. The zero-order valence-corrected chi connectivity index (χ0v) is 12.7. The fraction of sp³-hybridized carbons (Fsp3) is 0.500. The Labute approximate surface area is 124 Å². The van der Waals surface area contributed by atoms with Crippen molar-refractivity contribution in [2.45, 2.75) is 38.6 Å². The van der Waals surface area contributed by atoms with Crippen LogP contribution in [-0.4, -0.2) is 17.6 Å². The van der Waals surface area contributed by atoms with E-state index in [0.29, 0.717) is 12.8 Å². The van der Waals surface area contributed by atoms with Crippen molar-refractivity contribution in [3.05, 3.63) is 35.9 Å². The van der Waals surface area contributed by atoms with Gasteiger partial charge in [-0.3, -0.25) is 9.59 Å². The summed E-state index contributed by atoms with van der Waals surface area (Å²) in [6.45, 7) is 4.26. The summed E-state index contributed by atoms with van der Waals surface area (Å²) in [7, 11) is 0. The zero-order valence-electron chi connectivity index (χ0n) is 11.9. The van der Waals surface area contributed by atoms with Crippen molar-refractivity contribution in [2.75, 3.05) is 5.88 Å². The number of hydrogen-bond donors (Lipinski definition) is 1. The van der Waals surface area contributed by atoms with Gasteiger partial charge in [0.05, 0.1) is 0 Å². The van der Waals surface area contributed by atoms with Gasteiger partial charge < -0.3 is 5.32 Å². The fourth-order valence-electron chi connectivity index (χ4n) is 3.01. The van der Waals surface area contributed by atoms with Crippen LogP contribution >= 0.6 is 11.6 Å². The lowest BCUT2D eigenvalue weighted by Crippen LogP contribution is -2.56. The molecule has 1 amide bonds. The summed E-state index contributed by atoms with van der Waals surface area (Å²) in [5.41, 5.74) is -0.0885. The fourth-order valence-corrected chi connectivity index (χ4v) is 3.08. The minimum absolute atomic E-state index is 0.00332. The Balaban J connectivity index is 2.48. The van der Waals surface area contributed by atoms with Gasteiger partial charge in [-0.25, -0.2) is 0 Å². The molecule has 0 saturated heterocycles. The van der Waals surface area contributed by atoms with Crippen molar-refractivity contribution in [3.8, 4) is 0 Å². The van der Waals surface area contributed by atoms with Crippen LogP contribution in [0.2, 0.25) is 0 Å². The number of carbonyl (C=O) groups is 2. The summed E-state index contributed by atoms with van der Waals surface area (Å²) >= 11 is 5.62. The van der Waals surface area contributed by atoms with Crippen molar-refractivity contribution in [1.29, 1.82) is 0 Å². The van der Waals surface area contributed by atoms with Gasteiger partial charge >= 0.3 is 0 Å². The molecule has 20 heavy (non-hydrogen) atoms. The monoisotopic (exact) mass is 293 g/mol. The van der Waals surface area contributed by atoms with E-state index in [1.807, 2.05) is 30.3 Å². The molecule has 0 radical (unpaired) electrons. The highest BCUT2D eigenvalue weighted by molar-refractivity contribution is 6.27. The summed E-state index contributed by atoms with van der Waals surface area (Å²) in [6.07, 6.45) is 1.92. The lowest BCUT2D eigenvalue weighted by Gasteiger charge is -2.44. The van der Waals surface area contributed by atoms with Gasteiger partial charge in [-0.15, -0.1) is 11.6 Å². The third-order valence-electron chi connectivity index (χ3n) is 3.99. The summed E-state index contributed by atoms with van der Waals surface area (Å²) < 4.78 is 0. The Bertz CT molecular complexity index is 512. The number of amides is 1. The van der Waals surface area contributed by atoms with Crippen molar-refractivity contribution >= 4 is 23.3 Å². The summed E-state index contributed by atoms with van der Waals surface area (Å²) in [6, 6.07) is 9.47. The Morgan fingerprint density at radius 2 is 1.95 bits per heavy atom. The Morgan fingerprint density at radius 3 is 2.55 bits per heavy atom. The molecule has 2 rings (SSSR count). The zero-order chi connectivity index (χ0) is 14.8. The standard InChI is InChI=1S/C16H20ClNO2/c1-15(2)9-8-13(19)16(11-15,18-14(20)10-17)12-6-4-3-5-7-12/h3-7H,8-11H2,1-2H3,(H,18,20). The molecule has 1 aliphatic carbocycles. The molecule has 0 bridgehead atoms. The van der Waals surface area contributed by atoms with Gasteiger partial charge in [-0.2, -0.15) is 0 Å². The first-order valence-corrected chi connectivity index (χ1v) is 7.39. The van der Waals surface area contributed by atoms with Crippen LogP contribution in [0.3, 0.4) is 0 Å². The van der Waals surface area contributed by atoms with E-state index in [4.69, 9.17) is 11.6 Å². The third-order valence-corrected chi connectivity index (χ3v) is 4.23. The number of benzene rings is 1. The quantitative estimate of drug-likeness (QED) is 0.871. The second kappa shape index (κ2) is 5.57. The van der Waals surface area contributed by atoms with E-state index in [1.165, 1.54) is 0 Å². The van der Waals surface area contributed by atoms with Crippen LogP contribution in [-0.2, 0) is 15.1 Å². The van der Waals surface area contributed by atoms with Gasteiger partial charge in [0.15, 0.2) is 5.78 Å². The molecule has 1 aliphatic rings. The number of nitrogens with one attached hydrogen (secondary N) is 1. The first-order chi connectivity index (χ1) is 9.39. The number of ketones is 1. The Morgan fingerprint density at radius 1 is 1.30 bits per heavy atom. The average molecular weight is 294 g/mol. The molecular weight excluding hydrogens is 274 g/mol. The van der Waals surface area contributed by atoms with Crippen LogP contribution in [0.1, 0.15) is 38.7 Å². The number of Topliss-reactive ketones (excluding diaryl/α,β-unsaturated/α-hetero) is 1. The molecule has 0 spiro atoms. The van der Waals surface area contributed by atoms with E-state index in [1.54, 1.807) is 0 Å². The van der Waals surface area contributed by atoms with Crippen LogP contribution < -0.4 is 5.32 Å². The highest BCUT2D eigenvalue weighted by atomic mass is 35.5. The number of rotatable bonds is 3. The molecule has 1 unspecified atom stereocenters. The topological polar surface area (TPSA) is 46.2 Å². The number of halogens is 1. The molecule has 1 N–H and O–H groups in total. The normalized spacial score (nSPS) is 25.2. The molecule has 1 fully saturated rings. The highest BCUT2D eigenvalue weighted by Crippen LogP contribution is 2.44. The largest absolute Gasteiger partial charge is 0.339 e. The van der Waals surface area contributed by atoms with Crippen LogP contribution in [0.4, 0.5) is 0 Å². The van der Waals surface area contributed by atoms with Crippen molar-refractivity contribution in [3.63, 3.8) is 0 Å². The van der Waals surface area contributed by atoms with Crippen LogP contribution in [0, 0.1) is 5.41 Å². The maximum atomic E-state index is 12.6. The predicted molar refractivity (Wildman–Crippen MR) is 79.6 cm³/mol. The summed E-state index contributed by atoms with van der Waals surface area (Å²) in [5, 5.41) is 2.88. The molecule has 0 heterocycles. The smallest absolute Gasteiger partial charge is 0.235 e. The minimum Gasteiger partial charge on any atom is -0.339 e. The van der Waals surface area contributed by atoms with E-state index < -0.39 is 5.54 Å². The van der Waals surface area contributed by atoms with Crippen molar-refractivity contribution in [1.82, 2.24) is 5.32 Å². The van der Waals surface area contributed by atoms with Crippen molar-refractivity contribution in [2.24, 2.45) is 5.41 Å². The van der Waals surface area contributed by atoms with Crippen molar-refractivity contribution < 1.29 is 9.59 Å². The van der Waals surface area contributed by atoms with Gasteiger partial charge in [0.25, 0.3) is 0 Å². The molecule has 1 aromatic rings. The van der Waals surface area contributed by atoms with Crippen LogP contribution in [0.15, 0.2) is 30.3 Å². The highest BCUT2D eigenvalue weighted by Gasteiger charge is 2.48. The molecular formula is C16H20ClNO2. The van der Waals surface area contributed by atoms with Gasteiger partial charge in [-0.05, 0) is 23.8 Å². The van der Waals surface area contributed by atoms with E-state index in [0.717, 1.165) is 12.0 Å². The van der Waals surface area contributed by atoms with Crippen LogP contribution in [0.25, 0.3) is 0 Å². The number of hydrogen-bond acceptors (Lipinski definition) is 2. The van der Waals surface area contributed by atoms with E-state index in [9.17, 15) is 9.59 Å². The maximum Gasteiger partial charge on any atom is 0.235 e. The summed E-state index contributed by atoms with van der Waals surface area (Å²) in [5.74, 6) is -0.370. The van der Waals surface area contributed by atoms with Crippen LogP contribution in [0.5, 0.6) is 0 Å². The molecule has 108 valence electrons. The van der Waals surface area contributed by atoms with E-state index >= 15 is 0 Å². The SMILES string of the molecule is CC1(C)CCC(=O)C(NC(=O)CCl)(c2ccccc2)C1. The molecule has 0 aliphatic heterocycles. The molecule has 4 heteroatoms. The second-order valence-electron chi connectivity index (χ2n) is 6.22. The first-order valence-electron chi connectivity index (χ1n) is 6.85. The third kappa shape index (κ3) is 2.88. The lowest BCUT2D eigenvalue weighted by atomic mass is 9.65. The number of alkyl halides is 1.